The lowest BCUT2D eigenvalue weighted by molar-refractivity contribution is 0.165. The van der Waals surface area contributed by atoms with E-state index < -0.39 is 0 Å². The van der Waals surface area contributed by atoms with Crippen molar-refractivity contribution >= 4 is 22.5 Å². The standard InChI is InChI=1S/C16H19N3O/c1-2-19(13-10-17-11-13)16(20)18-15-9-5-7-12-6-3-4-8-14(12)15/h3-9,13,17H,2,10-11H2,1H3,(H,18,20). The monoisotopic (exact) mass is 269 g/mol. The Bertz CT molecular complexity index is 617. The fourth-order valence-electron chi connectivity index (χ4n) is 2.58. The molecule has 20 heavy (non-hydrogen) atoms. The van der Waals surface area contributed by atoms with E-state index in [-0.39, 0.29) is 6.03 Å². The van der Waals surface area contributed by atoms with Crippen LogP contribution in [-0.2, 0) is 0 Å². The van der Waals surface area contributed by atoms with Gasteiger partial charge in [-0.3, -0.25) is 0 Å². The van der Waals surface area contributed by atoms with Crippen LogP contribution in [0.2, 0.25) is 0 Å². The summed E-state index contributed by atoms with van der Waals surface area (Å²) >= 11 is 0. The molecule has 0 aliphatic carbocycles. The quantitative estimate of drug-likeness (QED) is 0.899. The molecule has 104 valence electrons. The molecule has 1 aliphatic rings. The summed E-state index contributed by atoms with van der Waals surface area (Å²) < 4.78 is 0. The molecule has 0 saturated carbocycles. The molecule has 0 radical (unpaired) electrons. The van der Waals surface area contributed by atoms with Crippen molar-refractivity contribution in [2.75, 3.05) is 25.0 Å². The van der Waals surface area contributed by atoms with E-state index in [1.165, 1.54) is 0 Å². The van der Waals surface area contributed by atoms with Crippen LogP contribution in [0.3, 0.4) is 0 Å². The highest BCUT2D eigenvalue weighted by molar-refractivity contribution is 6.01. The van der Waals surface area contributed by atoms with Crippen molar-refractivity contribution in [1.29, 1.82) is 0 Å². The van der Waals surface area contributed by atoms with E-state index in [0.717, 1.165) is 36.1 Å². The van der Waals surface area contributed by atoms with E-state index in [4.69, 9.17) is 0 Å². The number of amides is 2. The van der Waals surface area contributed by atoms with Gasteiger partial charge in [-0.25, -0.2) is 4.79 Å². The Morgan fingerprint density at radius 3 is 2.70 bits per heavy atom. The molecule has 0 atom stereocenters. The van der Waals surface area contributed by atoms with E-state index in [9.17, 15) is 4.79 Å². The fourth-order valence-corrected chi connectivity index (χ4v) is 2.58. The number of benzene rings is 2. The number of hydrogen-bond donors (Lipinski definition) is 2. The van der Waals surface area contributed by atoms with Gasteiger partial charge >= 0.3 is 6.03 Å². The lowest BCUT2D eigenvalue weighted by atomic mass is 10.1. The Morgan fingerprint density at radius 1 is 1.25 bits per heavy atom. The molecule has 0 unspecified atom stereocenters. The molecule has 2 N–H and O–H groups in total. The van der Waals surface area contributed by atoms with Gasteiger partial charge in [0.2, 0.25) is 0 Å². The van der Waals surface area contributed by atoms with Gasteiger partial charge < -0.3 is 15.5 Å². The Morgan fingerprint density at radius 2 is 2.00 bits per heavy atom. The predicted molar refractivity (Wildman–Crippen MR) is 82.0 cm³/mol. The number of hydrogen-bond acceptors (Lipinski definition) is 2. The molecule has 0 spiro atoms. The van der Waals surface area contributed by atoms with Crippen LogP contribution in [0, 0.1) is 0 Å². The number of carbonyl (C=O) groups excluding carboxylic acids is 1. The summed E-state index contributed by atoms with van der Waals surface area (Å²) in [6, 6.07) is 14.4. The second-order valence-corrected chi connectivity index (χ2v) is 5.05. The Kier molecular flexibility index (Phi) is 3.56. The van der Waals surface area contributed by atoms with E-state index in [1.54, 1.807) is 0 Å². The molecule has 4 heteroatoms. The van der Waals surface area contributed by atoms with Crippen LogP contribution < -0.4 is 10.6 Å². The van der Waals surface area contributed by atoms with Crippen LogP contribution in [0.1, 0.15) is 6.92 Å². The summed E-state index contributed by atoms with van der Waals surface area (Å²) in [6.45, 7) is 4.51. The smallest absolute Gasteiger partial charge is 0.319 e. The second kappa shape index (κ2) is 5.51. The number of nitrogens with one attached hydrogen (secondary N) is 2. The number of rotatable bonds is 3. The van der Waals surface area contributed by atoms with Crippen LogP contribution in [0.15, 0.2) is 42.5 Å². The predicted octanol–water partition coefficient (Wildman–Crippen LogP) is 2.67. The summed E-state index contributed by atoms with van der Waals surface area (Å²) in [6.07, 6.45) is 0. The summed E-state index contributed by atoms with van der Waals surface area (Å²) in [5, 5.41) is 8.46. The number of nitrogens with zero attached hydrogens (tertiary/aromatic N) is 1. The molecule has 2 amide bonds. The van der Waals surface area contributed by atoms with Gasteiger partial charge in [0.25, 0.3) is 0 Å². The zero-order valence-electron chi connectivity index (χ0n) is 11.6. The van der Waals surface area contributed by atoms with Crippen LogP contribution in [0.25, 0.3) is 10.8 Å². The van der Waals surface area contributed by atoms with Crippen molar-refractivity contribution in [2.24, 2.45) is 0 Å². The molecule has 2 aromatic rings. The van der Waals surface area contributed by atoms with Crippen LogP contribution in [-0.4, -0.2) is 36.6 Å². The van der Waals surface area contributed by atoms with Gasteiger partial charge in [-0.2, -0.15) is 0 Å². The van der Waals surface area contributed by atoms with Crippen LogP contribution in [0.4, 0.5) is 10.5 Å². The largest absolute Gasteiger partial charge is 0.322 e. The zero-order valence-corrected chi connectivity index (χ0v) is 11.6. The van der Waals surface area contributed by atoms with Gasteiger partial charge in [-0.1, -0.05) is 36.4 Å². The summed E-state index contributed by atoms with van der Waals surface area (Å²) in [4.78, 5) is 14.3. The van der Waals surface area contributed by atoms with Crippen molar-refractivity contribution in [3.8, 4) is 0 Å². The molecule has 1 aliphatic heterocycles. The van der Waals surface area contributed by atoms with Crippen LogP contribution >= 0.6 is 0 Å². The number of anilines is 1. The summed E-state index contributed by atoms with van der Waals surface area (Å²) in [5.41, 5.74) is 0.874. The minimum atomic E-state index is -0.0182. The number of carbonyl (C=O) groups is 1. The van der Waals surface area contributed by atoms with Crippen molar-refractivity contribution < 1.29 is 4.79 Å². The lowest BCUT2D eigenvalue weighted by Crippen LogP contribution is -2.59. The Balaban J connectivity index is 1.83. The normalized spacial score (nSPS) is 14.8. The minimum absolute atomic E-state index is 0.0182. The van der Waals surface area contributed by atoms with Gasteiger partial charge in [0.15, 0.2) is 0 Å². The molecular formula is C16H19N3O. The molecule has 3 rings (SSSR count). The maximum absolute atomic E-state index is 12.4. The summed E-state index contributed by atoms with van der Waals surface area (Å²) in [5.74, 6) is 0. The van der Waals surface area contributed by atoms with Crippen molar-refractivity contribution in [2.45, 2.75) is 13.0 Å². The Hall–Kier alpha value is -2.07. The van der Waals surface area contributed by atoms with Gasteiger partial charge in [0.1, 0.15) is 0 Å². The summed E-state index contributed by atoms with van der Waals surface area (Å²) in [7, 11) is 0. The number of fused-ring (bicyclic) bond motifs is 1. The zero-order chi connectivity index (χ0) is 13.9. The first-order valence-electron chi connectivity index (χ1n) is 7.05. The van der Waals surface area contributed by atoms with Crippen LogP contribution in [0.5, 0.6) is 0 Å². The van der Waals surface area contributed by atoms with E-state index in [2.05, 4.69) is 22.8 Å². The van der Waals surface area contributed by atoms with Crippen molar-refractivity contribution in [3.05, 3.63) is 42.5 Å². The van der Waals surface area contributed by atoms with Gasteiger partial charge in [-0.05, 0) is 18.4 Å². The fraction of sp³-hybridized carbons (Fsp3) is 0.312. The SMILES string of the molecule is CCN(C(=O)Nc1cccc2ccccc12)C1CNC1. The van der Waals surface area contributed by atoms with Crippen molar-refractivity contribution in [1.82, 2.24) is 10.2 Å². The first-order valence-corrected chi connectivity index (χ1v) is 7.05. The minimum Gasteiger partial charge on any atom is -0.319 e. The van der Waals surface area contributed by atoms with E-state index in [1.807, 2.05) is 42.2 Å². The number of likely N-dealkylation sites (N-methyl/N-ethyl adjacent to an activating group) is 1. The third kappa shape index (κ3) is 2.34. The first-order chi connectivity index (χ1) is 9.79. The molecule has 1 fully saturated rings. The highest BCUT2D eigenvalue weighted by atomic mass is 16.2. The maximum Gasteiger partial charge on any atom is 0.322 e. The van der Waals surface area contributed by atoms with E-state index in [0.29, 0.717) is 6.04 Å². The topological polar surface area (TPSA) is 44.4 Å². The third-order valence-electron chi connectivity index (χ3n) is 3.83. The Labute approximate surface area is 118 Å². The lowest BCUT2D eigenvalue weighted by Gasteiger charge is -2.37. The van der Waals surface area contributed by atoms with Crippen molar-refractivity contribution in [3.63, 3.8) is 0 Å². The molecule has 1 saturated heterocycles. The number of urea groups is 1. The average molecular weight is 269 g/mol. The highest BCUT2D eigenvalue weighted by Crippen LogP contribution is 2.23. The maximum atomic E-state index is 12.4. The van der Waals surface area contributed by atoms with Gasteiger partial charge in [0.05, 0.1) is 11.7 Å². The molecule has 1 heterocycles. The molecule has 0 bridgehead atoms. The first kappa shape index (κ1) is 12.9. The average Bonchev–Trinajstić information content (AvgIpc) is 2.43. The van der Waals surface area contributed by atoms with Gasteiger partial charge in [0, 0.05) is 25.0 Å². The second-order valence-electron chi connectivity index (χ2n) is 5.05. The van der Waals surface area contributed by atoms with E-state index >= 15 is 0 Å². The molecule has 2 aromatic carbocycles. The van der Waals surface area contributed by atoms with Gasteiger partial charge in [-0.15, -0.1) is 0 Å². The highest BCUT2D eigenvalue weighted by Gasteiger charge is 2.27. The molecule has 4 nitrogen and oxygen atoms in total. The molecular weight excluding hydrogens is 250 g/mol. The molecule has 0 aromatic heterocycles. The third-order valence-corrected chi connectivity index (χ3v) is 3.83.